The van der Waals surface area contributed by atoms with Crippen molar-refractivity contribution in [3.63, 3.8) is 0 Å². The first-order valence-corrected chi connectivity index (χ1v) is 6.58. The van der Waals surface area contributed by atoms with Crippen molar-refractivity contribution in [2.75, 3.05) is 5.75 Å². The molecule has 0 aliphatic heterocycles. The first-order valence-electron chi connectivity index (χ1n) is 3.92. The quantitative estimate of drug-likeness (QED) is 0.830. The van der Waals surface area contributed by atoms with E-state index in [1.54, 1.807) is 0 Å². The van der Waals surface area contributed by atoms with E-state index in [1.165, 1.54) is 0 Å². The highest BCUT2D eigenvalue weighted by Gasteiger charge is 2.02. The monoisotopic (exact) mass is 280 g/mol. The van der Waals surface area contributed by atoms with E-state index in [4.69, 9.17) is 11.6 Å². The van der Waals surface area contributed by atoms with Gasteiger partial charge >= 0.3 is 0 Å². The minimum absolute atomic E-state index is 0.587. The van der Waals surface area contributed by atoms with Gasteiger partial charge in [0.15, 0.2) is 0 Å². The highest BCUT2D eigenvalue weighted by molar-refractivity contribution is 9.10. The molecule has 13 heavy (non-hydrogen) atoms. The zero-order chi connectivity index (χ0) is 9.84. The predicted molar refractivity (Wildman–Crippen MR) is 61.5 cm³/mol. The van der Waals surface area contributed by atoms with Gasteiger partial charge in [0.1, 0.15) is 0 Å². The van der Waals surface area contributed by atoms with E-state index in [1.807, 2.05) is 25.1 Å². The number of rotatable bonds is 3. The van der Waals surface area contributed by atoms with E-state index >= 15 is 0 Å². The average Bonchev–Trinajstić information content (AvgIpc) is 2.11. The van der Waals surface area contributed by atoms with Crippen LogP contribution in [-0.4, -0.2) is 9.96 Å². The van der Waals surface area contributed by atoms with E-state index in [0.717, 1.165) is 10.0 Å². The molecule has 0 saturated heterocycles. The molecule has 0 saturated carbocycles. The van der Waals surface area contributed by atoms with E-state index in [2.05, 4.69) is 15.9 Å². The Labute approximate surface area is 94.1 Å². The van der Waals surface area contributed by atoms with Crippen molar-refractivity contribution in [2.45, 2.75) is 12.7 Å². The summed E-state index contributed by atoms with van der Waals surface area (Å²) in [5.74, 6) is 1.27. The van der Waals surface area contributed by atoms with Gasteiger partial charge in [0.05, 0.1) is 5.02 Å². The highest BCUT2D eigenvalue weighted by atomic mass is 79.9. The molecule has 1 atom stereocenters. The molecule has 0 spiro atoms. The second kappa shape index (κ2) is 5.13. The third-order valence-corrected chi connectivity index (χ3v) is 4.17. The molecule has 1 unspecified atom stereocenters. The van der Waals surface area contributed by atoms with Gasteiger partial charge in [-0.25, -0.2) is 0 Å². The fourth-order valence-electron chi connectivity index (χ4n) is 0.917. The topological polar surface area (TPSA) is 17.1 Å². The van der Waals surface area contributed by atoms with Gasteiger partial charge in [0.25, 0.3) is 0 Å². The summed E-state index contributed by atoms with van der Waals surface area (Å²) in [5, 5.41) is 0.672. The van der Waals surface area contributed by atoms with Crippen LogP contribution in [0.25, 0.3) is 0 Å². The molecule has 4 heteroatoms. The Kier molecular flexibility index (Phi) is 4.42. The fourth-order valence-corrected chi connectivity index (χ4v) is 2.12. The predicted octanol–water partition coefficient (Wildman–Crippen LogP) is 3.37. The Balaban J connectivity index is 2.79. The summed E-state index contributed by atoms with van der Waals surface area (Å²) in [4.78, 5) is 0. The van der Waals surface area contributed by atoms with Gasteiger partial charge in [0, 0.05) is 26.8 Å². The van der Waals surface area contributed by atoms with E-state index in [0.29, 0.717) is 16.5 Å². The molecule has 72 valence electrons. The maximum Gasteiger partial charge on any atom is 0.0551 e. The molecule has 0 amide bonds. The van der Waals surface area contributed by atoms with Crippen molar-refractivity contribution in [1.29, 1.82) is 0 Å². The molecule has 1 rings (SSSR count). The lowest BCUT2D eigenvalue weighted by Crippen LogP contribution is -1.97. The van der Waals surface area contributed by atoms with Gasteiger partial charge in [-0.1, -0.05) is 24.6 Å². The number of hydrogen-bond donors (Lipinski definition) is 0. The highest BCUT2D eigenvalue weighted by Crippen LogP contribution is 2.23. The summed E-state index contributed by atoms with van der Waals surface area (Å²) in [6.45, 7) is 1.91. The van der Waals surface area contributed by atoms with Crippen LogP contribution in [0.2, 0.25) is 5.02 Å². The van der Waals surface area contributed by atoms with Gasteiger partial charge in [-0.15, -0.1) is 0 Å². The third kappa shape index (κ3) is 3.41. The molecule has 1 aromatic rings. The van der Waals surface area contributed by atoms with Gasteiger partial charge in [-0.3, -0.25) is 4.21 Å². The molecule has 0 aliphatic carbocycles. The second-order valence-corrected chi connectivity index (χ2v) is 5.63. The van der Waals surface area contributed by atoms with Gasteiger partial charge in [0.2, 0.25) is 0 Å². The van der Waals surface area contributed by atoms with Crippen LogP contribution in [0.4, 0.5) is 0 Å². The molecule has 0 fully saturated rings. The fraction of sp³-hybridized carbons (Fsp3) is 0.333. The van der Waals surface area contributed by atoms with Crippen LogP contribution in [0, 0.1) is 0 Å². The smallest absolute Gasteiger partial charge is 0.0551 e. The Hall–Kier alpha value is 0.140. The van der Waals surface area contributed by atoms with Crippen LogP contribution in [0.15, 0.2) is 22.7 Å². The summed E-state index contributed by atoms with van der Waals surface area (Å²) in [6, 6.07) is 5.66. The first kappa shape index (κ1) is 11.2. The van der Waals surface area contributed by atoms with Crippen LogP contribution in [0.1, 0.15) is 12.5 Å². The van der Waals surface area contributed by atoms with Gasteiger partial charge in [-0.05, 0) is 33.6 Å². The van der Waals surface area contributed by atoms with Crippen molar-refractivity contribution < 1.29 is 4.21 Å². The summed E-state index contributed by atoms with van der Waals surface area (Å²) < 4.78 is 12.1. The van der Waals surface area contributed by atoms with Crippen LogP contribution in [0.5, 0.6) is 0 Å². The van der Waals surface area contributed by atoms with Crippen molar-refractivity contribution in [3.05, 3.63) is 33.3 Å². The summed E-state index contributed by atoms with van der Waals surface area (Å²) in [7, 11) is -0.767. The molecule has 0 bridgehead atoms. The average molecular weight is 282 g/mol. The summed E-state index contributed by atoms with van der Waals surface area (Å²) >= 11 is 9.20. The molecule has 1 aromatic carbocycles. The Morgan fingerprint density at radius 1 is 1.54 bits per heavy atom. The summed E-state index contributed by atoms with van der Waals surface area (Å²) in [5.41, 5.74) is 1.02. The normalized spacial score (nSPS) is 12.8. The Bertz CT molecular complexity index is 327. The maximum absolute atomic E-state index is 11.2. The molecule has 0 aromatic heterocycles. The van der Waals surface area contributed by atoms with Crippen molar-refractivity contribution in [3.8, 4) is 0 Å². The zero-order valence-corrected chi connectivity index (χ0v) is 10.4. The SMILES string of the molecule is CCS(=O)Cc1ccc(Br)c(Cl)c1. The number of hydrogen-bond acceptors (Lipinski definition) is 1. The van der Waals surface area contributed by atoms with Crippen LogP contribution >= 0.6 is 27.5 Å². The minimum Gasteiger partial charge on any atom is -0.259 e. The number of halogens is 2. The third-order valence-electron chi connectivity index (χ3n) is 1.63. The van der Waals surface area contributed by atoms with Crippen LogP contribution in [-0.2, 0) is 16.6 Å². The van der Waals surface area contributed by atoms with Crippen LogP contribution in [0.3, 0.4) is 0 Å². The maximum atomic E-state index is 11.2. The summed E-state index contributed by atoms with van der Waals surface area (Å²) in [6.07, 6.45) is 0. The van der Waals surface area contributed by atoms with E-state index < -0.39 is 10.8 Å². The minimum atomic E-state index is -0.767. The Morgan fingerprint density at radius 3 is 2.77 bits per heavy atom. The molecular weight excluding hydrogens is 272 g/mol. The Morgan fingerprint density at radius 2 is 2.23 bits per heavy atom. The van der Waals surface area contributed by atoms with E-state index in [9.17, 15) is 4.21 Å². The van der Waals surface area contributed by atoms with Crippen molar-refractivity contribution in [1.82, 2.24) is 0 Å². The van der Waals surface area contributed by atoms with Crippen molar-refractivity contribution in [2.24, 2.45) is 0 Å². The molecular formula is C9H10BrClOS. The number of benzene rings is 1. The molecule has 0 N–H and O–H groups in total. The van der Waals surface area contributed by atoms with Crippen molar-refractivity contribution >= 4 is 38.3 Å². The van der Waals surface area contributed by atoms with Gasteiger partial charge < -0.3 is 0 Å². The lowest BCUT2D eigenvalue weighted by Gasteiger charge is -2.01. The zero-order valence-electron chi connectivity index (χ0n) is 7.22. The molecule has 0 radical (unpaired) electrons. The van der Waals surface area contributed by atoms with E-state index in [-0.39, 0.29) is 0 Å². The lowest BCUT2D eigenvalue weighted by atomic mass is 10.2. The first-order chi connectivity index (χ1) is 6.13. The molecule has 0 heterocycles. The molecule has 1 nitrogen and oxygen atoms in total. The van der Waals surface area contributed by atoms with Gasteiger partial charge in [-0.2, -0.15) is 0 Å². The standard InChI is InChI=1S/C9H10BrClOS/c1-2-13(12)6-7-3-4-8(10)9(11)5-7/h3-5H,2,6H2,1H3. The molecule has 0 aliphatic rings. The van der Waals surface area contributed by atoms with Crippen LogP contribution < -0.4 is 0 Å². The lowest BCUT2D eigenvalue weighted by molar-refractivity contribution is 0.683. The largest absolute Gasteiger partial charge is 0.259 e. The second-order valence-electron chi connectivity index (χ2n) is 2.62.